The average Bonchev–Trinajstić information content (AvgIpc) is 2.66. The Hall–Kier alpha value is -1.61. The van der Waals surface area contributed by atoms with Gasteiger partial charge in [-0.15, -0.1) is 0 Å². The summed E-state index contributed by atoms with van der Waals surface area (Å²) in [5.41, 5.74) is 1.26. The van der Waals surface area contributed by atoms with Crippen molar-refractivity contribution in [1.29, 1.82) is 0 Å². The molecule has 0 aromatic heterocycles. The molecule has 27 heavy (non-hydrogen) atoms. The number of hydrogen-bond donors (Lipinski definition) is 1. The van der Waals surface area contributed by atoms with E-state index in [1.165, 1.54) is 50.5 Å². The van der Waals surface area contributed by atoms with E-state index in [2.05, 4.69) is 52.7 Å². The number of hydrogen-bond acceptors (Lipinski definition) is 2. The zero-order valence-electron chi connectivity index (χ0n) is 16.7. The molecule has 0 bridgehead atoms. The highest BCUT2D eigenvalue weighted by atomic mass is 16.1. The van der Waals surface area contributed by atoms with Crippen LogP contribution >= 0.6 is 0 Å². The molecular weight excluding hydrogens is 332 g/mol. The van der Waals surface area contributed by atoms with E-state index < -0.39 is 0 Å². The lowest BCUT2D eigenvalue weighted by Crippen LogP contribution is -2.39. The first-order chi connectivity index (χ1) is 13.3. The molecule has 1 aromatic carbocycles. The summed E-state index contributed by atoms with van der Waals surface area (Å²) >= 11 is 0. The van der Waals surface area contributed by atoms with Crippen molar-refractivity contribution in [3.63, 3.8) is 0 Å². The van der Waals surface area contributed by atoms with E-state index in [0.717, 1.165) is 38.9 Å². The summed E-state index contributed by atoms with van der Waals surface area (Å²) in [6.07, 6.45) is 16.5. The monoisotopic (exact) mass is 368 g/mol. The van der Waals surface area contributed by atoms with Crippen molar-refractivity contribution in [2.45, 2.75) is 70.3 Å². The van der Waals surface area contributed by atoms with Gasteiger partial charge < -0.3 is 5.32 Å². The summed E-state index contributed by atoms with van der Waals surface area (Å²) < 4.78 is 0. The van der Waals surface area contributed by atoms with E-state index in [9.17, 15) is 4.79 Å². The van der Waals surface area contributed by atoms with Crippen LogP contribution in [0.5, 0.6) is 0 Å². The Morgan fingerprint density at radius 2 is 1.63 bits per heavy atom. The predicted molar refractivity (Wildman–Crippen MR) is 114 cm³/mol. The fourth-order valence-electron chi connectivity index (χ4n) is 4.42. The lowest BCUT2D eigenvalue weighted by molar-refractivity contribution is -0.123. The van der Waals surface area contributed by atoms with E-state index >= 15 is 0 Å². The number of amides is 1. The normalized spacial score (nSPS) is 21.0. The Bertz CT molecular complexity index is 567. The van der Waals surface area contributed by atoms with Crippen LogP contribution < -0.4 is 5.32 Å². The molecule has 1 saturated heterocycles. The number of piperidine rings is 1. The smallest absolute Gasteiger partial charge is 0.220 e. The van der Waals surface area contributed by atoms with Crippen LogP contribution in [0, 0.1) is 5.92 Å². The number of nitrogens with one attached hydrogen (secondary N) is 1. The van der Waals surface area contributed by atoms with E-state index in [-0.39, 0.29) is 0 Å². The first-order valence-corrected chi connectivity index (χ1v) is 11.0. The fourth-order valence-corrected chi connectivity index (χ4v) is 4.42. The van der Waals surface area contributed by atoms with Crippen LogP contribution in [0.3, 0.4) is 0 Å². The molecule has 2 fully saturated rings. The molecule has 0 unspecified atom stereocenters. The quantitative estimate of drug-likeness (QED) is 0.764. The molecule has 1 aliphatic carbocycles. The molecule has 3 nitrogen and oxygen atoms in total. The Morgan fingerprint density at radius 1 is 0.963 bits per heavy atom. The van der Waals surface area contributed by atoms with E-state index in [1.807, 2.05) is 0 Å². The van der Waals surface area contributed by atoms with Crippen molar-refractivity contribution < 1.29 is 4.79 Å². The Morgan fingerprint density at radius 3 is 2.33 bits per heavy atom. The molecule has 1 aliphatic heterocycles. The molecule has 1 saturated carbocycles. The van der Waals surface area contributed by atoms with Crippen LogP contribution in [0.1, 0.15) is 69.8 Å². The maximum atomic E-state index is 12.5. The van der Waals surface area contributed by atoms with E-state index in [4.69, 9.17) is 0 Å². The van der Waals surface area contributed by atoms with Gasteiger partial charge in [-0.2, -0.15) is 0 Å². The van der Waals surface area contributed by atoms with Gasteiger partial charge in [0, 0.05) is 19.0 Å². The largest absolute Gasteiger partial charge is 0.353 e. The second-order valence-electron chi connectivity index (χ2n) is 8.37. The van der Waals surface area contributed by atoms with Gasteiger partial charge in [0.15, 0.2) is 0 Å². The third-order valence-corrected chi connectivity index (χ3v) is 6.12. The van der Waals surface area contributed by atoms with Crippen molar-refractivity contribution in [1.82, 2.24) is 10.2 Å². The van der Waals surface area contributed by atoms with Gasteiger partial charge in [0.05, 0.1) is 0 Å². The van der Waals surface area contributed by atoms with E-state index in [1.54, 1.807) is 0 Å². The topological polar surface area (TPSA) is 32.3 Å². The molecule has 1 aromatic rings. The predicted octanol–water partition coefficient (Wildman–Crippen LogP) is 5.03. The molecule has 2 aliphatic rings. The zero-order chi connectivity index (χ0) is 18.7. The third kappa shape index (κ3) is 7.50. The van der Waals surface area contributed by atoms with Crippen molar-refractivity contribution in [2.24, 2.45) is 5.92 Å². The molecule has 3 rings (SSSR count). The summed E-state index contributed by atoms with van der Waals surface area (Å²) in [6.45, 7) is 3.23. The molecule has 0 atom stereocenters. The lowest BCUT2D eigenvalue weighted by Gasteiger charge is -2.31. The number of carbonyl (C=O) groups excluding carboxylic acids is 1. The van der Waals surface area contributed by atoms with Crippen molar-refractivity contribution >= 4 is 12.0 Å². The summed E-state index contributed by atoms with van der Waals surface area (Å²) in [6, 6.07) is 10.9. The lowest BCUT2D eigenvalue weighted by atomic mass is 9.92. The zero-order valence-corrected chi connectivity index (χ0v) is 16.7. The molecule has 3 heteroatoms. The van der Waals surface area contributed by atoms with Gasteiger partial charge in [-0.25, -0.2) is 0 Å². The number of benzene rings is 1. The van der Waals surface area contributed by atoms with Gasteiger partial charge >= 0.3 is 0 Å². The molecule has 0 spiro atoms. The minimum absolute atomic E-state index is 0.294. The van der Waals surface area contributed by atoms with Crippen LogP contribution in [-0.2, 0) is 4.79 Å². The maximum absolute atomic E-state index is 12.5. The summed E-state index contributed by atoms with van der Waals surface area (Å²) in [4.78, 5) is 15.0. The number of rotatable bonds is 6. The molecule has 1 heterocycles. The van der Waals surface area contributed by atoms with Crippen molar-refractivity contribution in [3.05, 3.63) is 42.0 Å². The molecule has 0 radical (unpaired) electrons. The molecular formula is C24H36N2O. The highest BCUT2D eigenvalue weighted by molar-refractivity contribution is 5.76. The second-order valence-corrected chi connectivity index (χ2v) is 8.37. The average molecular weight is 369 g/mol. The minimum Gasteiger partial charge on any atom is -0.353 e. The van der Waals surface area contributed by atoms with Crippen molar-refractivity contribution in [3.8, 4) is 0 Å². The third-order valence-electron chi connectivity index (χ3n) is 6.12. The van der Waals surface area contributed by atoms with Gasteiger partial charge in [-0.05, 0) is 50.3 Å². The Labute approximate surface area is 165 Å². The number of nitrogens with zero attached hydrogens (tertiary/aromatic N) is 1. The van der Waals surface area contributed by atoms with Gasteiger partial charge in [0.1, 0.15) is 0 Å². The number of likely N-dealkylation sites (tertiary alicyclic amines) is 1. The summed E-state index contributed by atoms with van der Waals surface area (Å²) in [5.74, 6) is 0.857. The van der Waals surface area contributed by atoms with Gasteiger partial charge in [-0.3, -0.25) is 9.69 Å². The molecule has 1 N–H and O–H groups in total. The highest BCUT2D eigenvalue weighted by Crippen LogP contribution is 2.22. The molecule has 1 amide bonds. The molecule has 148 valence electrons. The Kier molecular flexibility index (Phi) is 8.41. The summed E-state index contributed by atoms with van der Waals surface area (Å²) in [7, 11) is 0. The van der Waals surface area contributed by atoms with Gasteiger partial charge in [0.25, 0.3) is 0 Å². The standard InChI is InChI=1S/C24H36N2O/c27-24(25-23-13-7-2-1-3-8-14-23)20-22-15-18-26(19-16-22)17-9-12-21-10-5-4-6-11-21/h4-6,9-12,22-23H,1-3,7-8,13-20H2,(H,25,27)/b12-9+. The van der Waals surface area contributed by atoms with Gasteiger partial charge in [-0.1, -0.05) is 74.6 Å². The minimum atomic E-state index is 0.294. The van der Waals surface area contributed by atoms with Crippen LogP contribution in [0.2, 0.25) is 0 Å². The van der Waals surface area contributed by atoms with Gasteiger partial charge in [0.2, 0.25) is 5.91 Å². The number of carbonyl (C=O) groups is 1. The van der Waals surface area contributed by atoms with Crippen LogP contribution in [-0.4, -0.2) is 36.5 Å². The second kappa shape index (κ2) is 11.3. The SMILES string of the molecule is O=C(CC1CCN(C/C=C/c2ccccc2)CC1)NC1CCCCCCC1. The first kappa shape index (κ1) is 20.1. The Balaban J connectivity index is 1.32. The maximum Gasteiger partial charge on any atom is 0.220 e. The van der Waals surface area contributed by atoms with Crippen molar-refractivity contribution in [2.75, 3.05) is 19.6 Å². The van der Waals surface area contributed by atoms with Crippen LogP contribution in [0.15, 0.2) is 36.4 Å². The summed E-state index contributed by atoms with van der Waals surface area (Å²) in [5, 5.41) is 3.33. The fraction of sp³-hybridized carbons (Fsp3) is 0.625. The first-order valence-electron chi connectivity index (χ1n) is 11.0. The van der Waals surface area contributed by atoms with E-state index in [0.29, 0.717) is 17.9 Å². The highest BCUT2D eigenvalue weighted by Gasteiger charge is 2.22. The van der Waals surface area contributed by atoms with Crippen LogP contribution in [0.4, 0.5) is 0 Å². The van der Waals surface area contributed by atoms with Crippen LogP contribution in [0.25, 0.3) is 6.08 Å².